The number of hydrogen-bond donors (Lipinski definition) is 3. The lowest BCUT2D eigenvalue weighted by Crippen LogP contribution is -2.52. The third-order valence-corrected chi connectivity index (χ3v) is 2.65. The van der Waals surface area contributed by atoms with Crippen molar-refractivity contribution >= 4 is 11.8 Å². The average molecular weight is 257 g/mol. The Morgan fingerprint density at radius 1 is 1.11 bits per heavy atom. The first-order valence-corrected chi connectivity index (χ1v) is 6.41. The fourth-order valence-electron chi connectivity index (χ4n) is 1.55. The first-order chi connectivity index (χ1) is 8.08. The maximum Gasteiger partial charge on any atom is 0.242 e. The Labute approximate surface area is 110 Å². The Morgan fingerprint density at radius 3 is 1.94 bits per heavy atom. The molecule has 2 atom stereocenters. The number of nitrogens with one attached hydrogen (secondary N) is 2. The number of nitrogens with two attached hydrogens (primary N) is 1. The molecule has 0 rings (SSSR count). The number of carbonyl (C=O) groups excluding carboxylic acids is 2. The molecule has 0 saturated heterocycles. The summed E-state index contributed by atoms with van der Waals surface area (Å²) in [5.41, 5.74) is 5.26. The van der Waals surface area contributed by atoms with Crippen molar-refractivity contribution in [2.75, 3.05) is 6.54 Å². The van der Waals surface area contributed by atoms with Crippen LogP contribution in [0.1, 0.15) is 41.5 Å². The third kappa shape index (κ3) is 6.00. The Balaban J connectivity index is 4.43. The summed E-state index contributed by atoms with van der Waals surface area (Å²) in [4.78, 5) is 23.7. The van der Waals surface area contributed by atoms with Crippen LogP contribution in [-0.4, -0.2) is 29.9 Å². The molecule has 0 saturated carbocycles. The number of rotatable bonds is 5. The molecule has 2 amide bonds. The minimum Gasteiger partial charge on any atom is -0.350 e. The normalized spacial score (nSPS) is 15.1. The van der Waals surface area contributed by atoms with Gasteiger partial charge in [0.25, 0.3) is 0 Å². The van der Waals surface area contributed by atoms with E-state index in [-0.39, 0.29) is 35.7 Å². The average Bonchev–Trinajstić information content (AvgIpc) is 2.14. The van der Waals surface area contributed by atoms with Crippen LogP contribution in [0, 0.1) is 11.8 Å². The predicted octanol–water partition coefficient (Wildman–Crippen LogP) is 0.637. The van der Waals surface area contributed by atoms with Gasteiger partial charge >= 0.3 is 0 Å². The van der Waals surface area contributed by atoms with Gasteiger partial charge in [0.1, 0.15) is 6.04 Å². The summed E-state index contributed by atoms with van der Waals surface area (Å²) in [6, 6.07) is -0.551. The van der Waals surface area contributed by atoms with Gasteiger partial charge in [-0.25, -0.2) is 0 Å². The van der Waals surface area contributed by atoms with Crippen LogP contribution in [0.3, 0.4) is 0 Å². The van der Waals surface area contributed by atoms with Crippen LogP contribution in [0.2, 0.25) is 0 Å². The van der Waals surface area contributed by atoms with Crippen molar-refractivity contribution in [2.45, 2.75) is 53.1 Å². The second kappa shape index (κ2) is 6.73. The smallest absolute Gasteiger partial charge is 0.242 e. The van der Waals surface area contributed by atoms with Crippen molar-refractivity contribution < 1.29 is 9.59 Å². The van der Waals surface area contributed by atoms with E-state index in [1.165, 1.54) is 0 Å². The number of hydrogen-bond acceptors (Lipinski definition) is 3. The quantitative estimate of drug-likeness (QED) is 0.675. The number of amides is 2. The lowest BCUT2D eigenvalue weighted by Gasteiger charge is -2.25. The Hall–Kier alpha value is -1.10. The maximum absolute atomic E-state index is 11.9. The van der Waals surface area contributed by atoms with Gasteiger partial charge in [-0.3, -0.25) is 9.59 Å². The molecule has 0 aliphatic carbocycles. The van der Waals surface area contributed by atoms with E-state index in [4.69, 9.17) is 5.73 Å². The molecule has 0 aromatic rings. The van der Waals surface area contributed by atoms with Crippen molar-refractivity contribution in [1.82, 2.24) is 10.6 Å². The number of carbonyl (C=O) groups is 2. The first-order valence-electron chi connectivity index (χ1n) is 6.41. The van der Waals surface area contributed by atoms with Crippen molar-refractivity contribution in [3.63, 3.8) is 0 Å². The molecule has 0 fully saturated rings. The minimum atomic E-state index is -0.551. The highest BCUT2D eigenvalue weighted by atomic mass is 16.2. The van der Waals surface area contributed by atoms with Gasteiger partial charge in [-0.15, -0.1) is 0 Å². The van der Waals surface area contributed by atoms with E-state index in [1.807, 2.05) is 34.6 Å². The van der Waals surface area contributed by atoms with Crippen molar-refractivity contribution in [2.24, 2.45) is 17.6 Å². The van der Waals surface area contributed by atoms with E-state index >= 15 is 0 Å². The monoisotopic (exact) mass is 257 g/mol. The van der Waals surface area contributed by atoms with Crippen LogP contribution < -0.4 is 16.4 Å². The molecule has 106 valence electrons. The molecule has 0 aliphatic rings. The van der Waals surface area contributed by atoms with Crippen LogP contribution in [0.25, 0.3) is 0 Å². The van der Waals surface area contributed by atoms with E-state index < -0.39 is 6.04 Å². The Bertz CT molecular complexity index is 295. The molecule has 5 heteroatoms. The third-order valence-electron chi connectivity index (χ3n) is 2.65. The van der Waals surface area contributed by atoms with Gasteiger partial charge in [-0.05, 0) is 33.6 Å². The van der Waals surface area contributed by atoms with Gasteiger partial charge in [0, 0.05) is 12.1 Å². The van der Waals surface area contributed by atoms with E-state index in [0.29, 0.717) is 0 Å². The molecule has 4 N–H and O–H groups in total. The molecule has 0 aromatic heterocycles. The zero-order valence-corrected chi connectivity index (χ0v) is 12.3. The molecular formula is C13H27N3O2. The van der Waals surface area contributed by atoms with Crippen LogP contribution in [0.4, 0.5) is 0 Å². The lowest BCUT2D eigenvalue weighted by molar-refractivity contribution is -0.132. The second-order valence-electron chi connectivity index (χ2n) is 6.06. The highest BCUT2D eigenvalue weighted by Crippen LogP contribution is 2.09. The summed E-state index contributed by atoms with van der Waals surface area (Å²) < 4.78 is 0. The van der Waals surface area contributed by atoms with E-state index in [9.17, 15) is 9.59 Å². The molecule has 0 bridgehead atoms. The minimum absolute atomic E-state index is 0.160. The van der Waals surface area contributed by atoms with Crippen molar-refractivity contribution in [3.05, 3.63) is 0 Å². The highest BCUT2D eigenvalue weighted by molar-refractivity contribution is 5.88. The van der Waals surface area contributed by atoms with Gasteiger partial charge in [-0.1, -0.05) is 13.8 Å². The summed E-state index contributed by atoms with van der Waals surface area (Å²) >= 11 is 0. The predicted molar refractivity (Wildman–Crippen MR) is 72.9 cm³/mol. The van der Waals surface area contributed by atoms with Gasteiger partial charge in [0.15, 0.2) is 0 Å². The van der Waals surface area contributed by atoms with Crippen LogP contribution in [-0.2, 0) is 9.59 Å². The molecule has 5 nitrogen and oxygen atoms in total. The summed E-state index contributed by atoms with van der Waals surface area (Å²) in [6.07, 6.45) is 0. The molecule has 0 spiro atoms. The summed E-state index contributed by atoms with van der Waals surface area (Å²) in [7, 11) is 0. The van der Waals surface area contributed by atoms with Crippen molar-refractivity contribution in [1.29, 1.82) is 0 Å². The zero-order chi connectivity index (χ0) is 14.5. The van der Waals surface area contributed by atoms with E-state index in [2.05, 4.69) is 10.6 Å². The highest BCUT2D eigenvalue weighted by Gasteiger charge is 2.25. The van der Waals surface area contributed by atoms with Crippen LogP contribution >= 0.6 is 0 Å². The standard InChI is InChI=1S/C13H27N3O2/c1-8(2)10(7-14)12(18)15-9(3)11(17)16-13(4,5)6/h8-10H,7,14H2,1-6H3,(H,15,18)(H,16,17). The van der Waals surface area contributed by atoms with Crippen LogP contribution in [0.15, 0.2) is 0 Å². The fraction of sp³-hybridized carbons (Fsp3) is 0.846. The Morgan fingerprint density at radius 2 is 1.61 bits per heavy atom. The summed E-state index contributed by atoms with van der Waals surface area (Å²) in [6.45, 7) is 11.5. The zero-order valence-electron chi connectivity index (χ0n) is 12.3. The fourth-order valence-corrected chi connectivity index (χ4v) is 1.55. The molecule has 0 aromatic carbocycles. The largest absolute Gasteiger partial charge is 0.350 e. The van der Waals surface area contributed by atoms with Crippen molar-refractivity contribution in [3.8, 4) is 0 Å². The lowest BCUT2D eigenvalue weighted by atomic mass is 9.95. The molecule has 0 radical (unpaired) electrons. The van der Waals surface area contributed by atoms with Gasteiger partial charge in [0.05, 0.1) is 5.92 Å². The topological polar surface area (TPSA) is 84.2 Å². The molecule has 0 aliphatic heterocycles. The SMILES string of the molecule is CC(NC(=O)C(CN)C(C)C)C(=O)NC(C)(C)C. The summed E-state index contributed by atoms with van der Waals surface area (Å²) in [5, 5.41) is 5.53. The first kappa shape index (κ1) is 16.9. The van der Waals surface area contributed by atoms with Gasteiger partial charge < -0.3 is 16.4 Å². The molecular weight excluding hydrogens is 230 g/mol. The van der Waals surface area contributed by atoms with Gasteiger partial charge in [0.2, 0.25) is 11.8 Å². The Kier molecular flexibility index (Phi) is 6.32. The van der Waals surface area contributed by atoms with Crippen LogP contribution in [0.5, 0.6) is 0 Å². The van der Waals surface area contributed by atoms with E-state index in [1.54, 1.807) is 6.92 Å². The van der Waals surface area contributed by atoms with E-state index in [0.717, 1.165) is 0 Å². The summed E-state index contributed by atoms with van der Waals surface area (Å²) in [5.74, 6) is -0.442. The molecule has 2 unspecified atom stereocenters. The van der Waals surface area contributed by atoms with Gasteiger partial charge in [-0.2, -0.15) is 0 Å². The molecule has 0 heterocycles. The second-order valence-corrected chi connectivity index (χ2v) is 6.06. The molecule has 18 heavy (non-hydrogen) atoms. The maximum atomic E-state index is 11.9.